The lowest BCUT2D eigenvalue weighted by atomic mass is 9.96. The number of aryl methyl sites for hydroxylation is 1. The molecule has 0 spiro atoms. The van der Waals surface area contributed by atoms with Crippen LogP contribution in [0.3, 0.4) is 0 Å². The first kappa shape index (κ1) is 14.6. The molecule has 0 aliphatic rings. The number of nitrogens with one attached hydrogen (secondary N) is 1. The quantitative estimate of drug-likeness (QED) is 0.868. The molecule has 0 amide bonds. The molecule has 2 heteroatoms. The lowest BCUT2D eigenvalue weighted by Gasteiger charge is -2.19. The van der Waals surface area contributed by atoms with Gasteiger partial charge in [0.25, 0.3) is 0 Å². The highest BCUT2D eigenvalue weighted by molar-refractivity contribution is 5.34. The highest BCUT2D eigenvalue weighted by atomic mass is 16.5. The average Bonchev–Trinajstić information content (AvgIpc) is 2.49. The molecule has 1 N–H and O–H groups in total. The van der Waals surface area contributed by atoms with Crippen LogP contribution in [0.1, 0.15) is 16.7 Å². The first-order valence-corrected chi connectivity index (χ1v) is 7.08. The predicted octanol–water partition coefficient (Wildman–Crippen LogP) is 3.38. The van der Waals surface area contributed by atoms with Gasteiger partial charge in [0.15, 0.2) is 0 Å². The summed E-state index contributed by atoms with van der Waals surface area (Å²) in [6.07, 6.45) is 2.00. The fourth-order valence-electron chi connectivity index (χ4n) is 2.52. The summed E-state index contributed by atoms with van der Waals surface area (Å²) in [5.74, 6) is 0.970. The van der Waals surface area contributed by atoms with Crippen LogP contribution in [0.25, 0.3) is 0 Å². The Morgan fingerprint density at radius 3 is 2.20 bits per heavy atom. The Labute approximate surface area is 121 Å². The third kappa shape index (κ3) is 3.61. The number of benzene rings is 2. The Bertz CT molecular complexity index is 551. The van der Waals surface area contributed by atoms with Crippen LogP contribution < -0.4 is 10.1 Å². The zero-order valence-electron chi connectivity index (χ0n) is 12.5. The number of para-hydroxylation sites is 1. The summed E-state index contributed by atoms with van der Waals surface area (Å²) in [5.41, 5.74) is 4.01. The van der Waals surface area contributed by atoms with Crippen molar-refractivity contribution < 1.29 is 4.74 Å². The summed E-state index contributed by atoms with van der Waals surface area (Å²) in [6, 6.07) is 17.2. The van der Waals surface area contributed by atoms with Gasteiger partial charge in [-0.25, -0.2) is 0 Å². The van der Waals surface area contributed by atoms with E-state index in [0.29, 0.717) is 6.04 Å². The monoisotopic (exact) mass is 269 g/mol. The minimum Gasteiger partial charge on any atom is -0.496 e. The predicted molar refractivity (Wildman–Crippen MR) is 84.4 cm³/mol. The van der Waals surface area contributed by atoms with E-state index in [1.54, 1.807) is 7.11 Å². The molecular weight excluding hydrogens is 246 g/mol. The molecule has 0 aliphatic carbocycles. The maximum atomic E-state index is 5.44. The van der Waals surface area contributed by atoms with Crippen LogP contribution >= 0.6 is 0 Å². The van der Waals surface area contributed by atoms with Crippen molar-refractivity contribution in [2.75, 3.05) is 14.2 Å². The fourth-order valence-corrected chi connectivity index (χ4v) is 2.52. The van der Waals surface area contributed by atoms with Crippen LogP contribution in [-0.2, 0) is 12.8 Å². The van der Waals surface area contributed by atoms with Gasteiger partial charge in [0.05, 0.1) is 7.11 Å². The van der Waals surface area contributed by atoms with Gasteiger partial charge in [-0.1, -0.05) is 42.5 Å². The van der Waals surface area contributed by atoms with Gasteiger partial charge < -0.3 is 10.1 Å². The average molecular weight is 269 g/mol. The van der Waals surface area contributed by atoms with Crippen LogP contribution in [0, 0.1) is 6.92 Å². The van der Waals surface area contributed by atoms with Gasteiger partial charge in [-0.05, 0) is 49.6 Å². The number of hydrogen-bond acceptors (Lipinski definition) is 2. The van der Waals surface area contributed by atoms with Crippen molar-refractivity contribution in [2.24, 2.45) is 0 Å². The van der Waals surface area contributed by atoms with Gasteiger partial charge in [0.1, 0.15) is 5.75 Å². The molecule has 2 nitrogen and oxygen atoms in total. The smallest absolute Gasteiger partial charge is 0.122 e. The second kappa shape index (κ2) is 7.11. The Kier molecular flexibility index (Phi) is 5.19. The first-order valence-electron chi connectivity index (χ1n) is 7.08. The van der Waals surface area contributed by atoms with Gasteiger partial charge in [0.2, 0.25) is 0 Å². The number of methoxy groups -OCH3 is 1. The first-order chi connectivity index (χ1) is 9.74. The molecule has 1 atom stereocenters. The van der Waals surface area contributed by atoms with Crippen LogP contribution in [0.2, 0.25) is 0 Å². The third-order valence-corrected chi connectivity index (χ3v) is 3.79. The number of ether oxygens (including phenoxy) is 1. The molecule has 0 saturated heterocycles. The second-order valence-electron chi connectivity index (χ2n) is 5.13. The molecule has 0 heterocycles. The van der Waals surface area contributed by atoms with E-state index < -0.39 is 0 Å². The van der Waals surface area contributed by atoms with Crippen LogP contribution in [-0.4, -0.2) is 20.2 Å². The summed E-state index contributed by atoms with van der Waals surface area (Å²) in [6.45, 7) is 2.17. The summed E-state index contributed by atoms with van der Waals surface area (Å²) < 4.78 is 5.44. The number of hydrogen-bond donors (Lipinski definition) is 1. The molecule has 0 fully saturated rings. The van der Waals surface area contributed by atoms with E-state index in [-0.39, 0.29) is 0 Å². The standard InChI is InChI=1S/C18H23NO/c1-14-8-4-5-9-15(14)12-17(19-2)13-16-10-6-7-11-18(16)20-3/h4-11,17,19H,12-13H2,1-3H3. The lowest BCUT2D eigenvalue weighted by Crippen LogP contribution is -2.30. The molecule has 0 saturated carbocycles. The molecule has 0 radical (unpaired) electrons. The van der Waals surface area contributed by atoms with Crippen molar-refractivity contribution in [3.63, 3.8) is 0 Å². The highest BCUT2D eigenvalue weighted by Gasteiger charge is 2.12. The van der Waals surface area contributed by atoms with Crippen molar-refractivity contribution in [2.45, 2.75) is 25.8 Å². The minimum atomic E-state index is 0.410. The second-order valence-corrected chi connectivity index (χ2v) is 5.13. The van der Waals surface area contributed by atoms with Crippen molar-refractivity contribution in [1.82, 2.24) is 5.32 Å². The van der Waals surface area contributed by atoms with E-state index in [2.05, 4.69) is 48.6 Å². The van der Waals surface area contributed by atoms with Crippen LogP contribution in [0.15, 0.2) is 48.5 Å². The molecule has 2 aromatic carbocycles. The molecule has 20 heavy (non-hydrogen) atoms. The van der Waals surface area contributed by atoms with E-state index >= 15 is 0 Å². The van der Waals surface area contributed by atoms with Gasteiger partial charge in [-0.2, -0.15) is 0 Å². The summed E-state index contributed by atoms with van der Waals surface area (Å²) >= 11 is 0. The van der Waals surface area contributed by atoms with Gasteiger partial charge in [-0.15, -0.1) is 0 Å². The molecule has 0 aromatic heterocycles. The highest BCUT2D eigenvalue weighted by Crippen LogP contribution is 2.20. The Morgan fingerprint density at radius 2 is 1.55 bits per heavy atom. The zero-order valence-corrected chi connectivity index (χ0v) is 12.5. The molecule has 0 aliphatic heterocycles. The Balaban J connectivity index is 2.11. The molecule has 2 aromatic rings. The third-order valence-electron chi connectivity index (χ3n) is 3.79. The summed E-state index contributed by atoms with van der Waals surface area (Å²) in [4.78, 5) is 0. The lowest BCUT2D eigenvalue weighted by molar-refractivity contribution is 0.406. The van der Waals surface area contributed by atoms with Crippen molar-refractivity contribution in [1.29, 1.82) is 0 Å². The normalized spacial score (nSPS) is 12.2. The van der Waals surface area contributed by atoms with Crippen LogP contribution in [0.5, 0.6) is 5.75 Å². The van der Waals surface area contributed by atoms with E-state index in [1.165, 1.54) is 16.7 Å². The molecule has 2 rings (SSSR count). The number of rotatable bonds is 6. The largest absolute Gasteiger partial charge is 0.496 e. The SMILES string of the molecule is CNC(Cc1ccccc1C)Cc1ccccc1OC. The van der Waals surface area contributed by atoms with E-state index in [1.807, 2.05) is 19.2 Å². The summed E-state index contributed by atoms with van der Waals surface area (Å²) in [7, 11) is 3.76. The number of likely N-dealkylation sites (N-methyl/N-ethyl adjacent to an activating group) is 1. The van der Waals surface area contributed by atoms with Crippen LogP contribution in [0.4, 0.5) is 0 Å². The maximum Gasteiger partial charge on any atom is 0.122 e. The van der Waals surface area contributed by atoms with Gasteiger partial charge >= 0.3 is 0 Å². The van der Waals surface area contributed by atoms with E-state index in [4.69, 9.17) is 4.74 Å². The van der Waals surface area contributed by atoms with E-state index in [9.17, 15) is 0 Å². The maximum absolute atomic E-state index is 5.44. The Hall–Kier alpha value is -1.80. The fraction of sp³-hybridized carbons (Fsp3) is 0.333. The molecule has 0 bridgehead atoms. The molecule has 106 valence electrons. The van der Waals surface area contributed by atoms with Crippen molar-refractivity contribution in [3.8, 4) is 5.75 Å². The minimum absolute atomic E-state index is 0.410. The summed E-state index contributed by atoms with van der Waals surface area (Å²) in [5, 5.41) is 3.42. The molecular formula is C18H23NO. The van der Waals surface area contributed by atoms with Gasteiger partial charge in [0, 0.05) is 6.04 Å². The Morgan fingerprint density at radius 1 is 0.950 bits per heavy atom. The van der Waals surface area contributed by atoms with Crippen molar-refractivity contribution >= 4 is 0 Å². The zero-order chi connectivity index (χ0) is 14.4. The van der Waals surface area contributed by atoms with Crippen molar-refractivity contribution in [3.05, 3.63) is 65.2 Å². The van der Waals surface area contributed by atoms with Gasteiger partial charge in [-0.3, -0.25) is 0 Å². The topological polar surface area (TPSA) is 21.3 Å². The molecule has 1 unspecified atom stereocenters. The van der Waals surface area contributed by atoms with E-state index in [0.717, 1.165) is 18.6 Å².